The smallest absolute Gasteiger partial charge is 0.132 e. The van der Waals surface area contributed by atoms with E-state index in [0.717, 1.165) is 16.8 Å². The first kappa shape index (κ1) is 16.6. The summed E-state index contributed by atoms with van der Waals surface area (Å²) in [6.07, 6.45) is 6.17. The lowest BCUT2D eigenvalue weighted by Gasteiger charge is -2.20. The minimum atomic E-state index is -0.205. The summed E-state index contributed by atoms with van der Waals surface area (Å²) in [7, 11) is 0. The van der Waals surface area contributed by atoms with Crippen LogP contribution in [0.5, 0.6) is 0 Å². The first-order valence-electron chi connectivity index (χ1n) is 7.99. The van der Waals surface area contributed by atoms with Crippen LogP contribution in [0.3, 0.4) is 0 Å². The molecule has 0 saturated carbocycles. The zero-order valence-corrected chi connectivity index (χ0v) is 14.7. The van der Waals surface area contributed by atoms with E-state index in [9.17, 15) is 4.39 Å². The molecule has 3 heteroatoms. The van der Waals surface area contributed by atoms with Gasteiger partial charge in [-0.25, -0.2) is 4.39 Å². The molecule has 0 bridgehead atoms. The van der Waals surface area contributed by atoms with Crippen molar-refractivity contribution in [2.24, 2.45) is 0 Å². The van der Waals surface area contributed by atoms with Crippen molar-refractivity contribution < 1.29 is 4.39 Å². The molecule has 122 valence electrons. The van der Waals surface area contributed by atoms with Crippen molar-refractivity contribution >= 4 is 23.0 Å². The SMILES string of the molecule is C/C=C\Sc1cc(C2=C(c3ccccc3F)NCC=C2)ccc1C. The van der Waals surface area contributed by atoms with Gasteiger partial charge >= 0.3 is 0 Å². The van der Waals surface area contributed by atoms with Gasteiger partial charge in [-0.1, -0.05) is 54.3 Å². The fraction of sp³-hybridized carbons (Fsp3) is 0.143. The average Bonchev–Trinajstić information content (AvgIpc) is 2.61. The largest absolute Gasteiger partial charge is 0.380 e. The highest BCUT2D eigenvalue weighted by molar-refractivity contribution is 8.02. The second kappa shape index (κ2) is 7.54. The Kier molecular flexibility index (Phi) is 5.21. The van der Waals surface area contributed by atoms with E-state index in [1.807, 2.05) is 25.1 Å². The van der Waals surface area contributed by atoms with E-state index in [1.165, 1.54) is 16.5 Å². The van der Waals surface area contributed by atoms with Crippen LogP contribution >= 0.6 is 11.8 Å². The third kappa shape index (κ3) is 3.46. The molecule has 1 aliphatic heterocycles. The zero-order chi connectivity index (χ0) is 16.9. The molecule has 0 aliphatic carbocycles. The van der Waals surface area contributed by atoms with Gasteiger partial charge < -0.3 is 5.32 Å². The molecule has 2 aromatic rings. The number of thioether (sulfide) groups is 1. The monoisotopic (exact) mass is 337 g/mol. The third-order valence-corrected chi connectivity index (χ3v) is 5.03. The molecular weight excluding hydrogens is 317 g/mol. The molecule has 0 radical (unpaired) electrons. The molecule has 1 N–H and O–H groups in total. The maximum atomic E-state index is 14.3. The van der Waals surface area contributed by atoms with E-state index in [-0.39, 0.29) is 5.82 Å². The highest BCUT2D eigenvalue weighted by Crippen LogP contribution is 2.33. The van der Waals surface area contributed by atoms with Crippen LogP contribution in [0.1, 0.15) is 23.6 Å². The number of aryl methyl sites for hydroxylation is 1. The van der Waals surface area contributed by atoms with E-state index >= 15 is 0 Å². The lowest BCUT2D eigenvalue weighted by Crippen LogP contribution is -2.17. The average molecular weight is 337 g/mol. The van der Waals surface area contributed by atoms with Crippen LogP contribution < -0.4 is 5.32 Å². The van der Waals surface area contributed by atoms with Gasteiger partial charge in [-0.05, 0) is 48.6 Å². The Labute approximate surface area is 147 Å². The van der Waals surface area contributed by atoms with Crippen LogP contribution in [0.15, 0.2) is 71.0 Å². The van der Waals surface area contributed by atoms with Gasteiger partial charge in [0, 0.05) is 22.6 Å². The molecule has 0 atom stereocenters. The Morgan fingerprint density at radius 3 is 2.79 bits per heavy atom. The van der Waals surface area contributed by atoms with Crippen molar-refractivity contribution in [1.29, 1.82) is 0 Å². The lowest BCUT2D eigenvalue weighted by atomic mass is 9.96. The van der Waals surface area contributed by atoms with Crippen molar-refractivity contribution in [3.8, 4) is 0 Å². The molecule has 24 heavy (non-hydrogen) atoms. The molecule has 0 spiro atoms. The van der Waals surface area contributed by atoms with E-state index in [4.69, 9.17) is 0 Å². The second-order valence-corrected chi connectivity index (χ2v) is 6.57. The molecule has 0 amide bonds. The number of rotatable bonds is 4. The second-order valence-electron chi connectivity index (χ2n) is 5.62. The van der Waals surface area contributed by atoms with E-state index in [0.29, 0.717) is 12.1 Å². The van der Waals surface area contributed by atoms with Crippen LogP contribution in [-0.2, 0) is 0 Å². The predicted octanol–water partition coefficient (Wildman–Crippen LogP) is 5.79. The Morgan fingerprint density at radius 1 is 1.17 bits per heavy atom. The molecule has 0 saturated heterocycles. The number of allylic oxidation sites excluding steroid dienone is 3. The normalized spacial score (nSPS) is 14.3. The van der Waals surface area contributed by atoms with Crippen LogP contribution in [0.25, 0.3) is 11.3 Å². The van der Waals surface area contributed by atoms with Gasteiger partial charge in [0.1, 0.15) is 5.82 Å². The number of nitrogens with one attached hydrogen (secondary N) is 1. The Bertz CT molecular complexity index is 833. The van der Waals surface area contributed by atoms with Gasteiger partial charge in [-0.2, -0.15) is 0 Å². The number of dihydropyridines is 1. The summed E-state index contributed by atoms with van der Waals surface area (Å²) in [6.45, 7) is 4.83. The van der Waals surface area contributed by atoms with Crippen LogP contribution in [-0.4, -0.2) is 6.54 Å². The summed E-state index contributed by atoms with van der Waals surface area (Å²) in [4.78, 5) is 1.21. The maximum Gasteiger partial charge on any atom is 0.132 e. The van der Waals surface area contributed by atoms with Crippen molar-refractivity contribution in [2.75, 3.05) is 6.54 Å². The van der Waals surface area contributed by atoms with Gasteiger partial charge in [-0.3, -0.25) is 0 Å². The minimum Gasteiger partial charge on any atom is -0.380 e. The maximum absolute atomic E-state index is 14.3. The van der Waals surface area contributed by atoms with Crippen molar-refractivity contribution in [3.63, 3.8) is 0 Å². The molecule has 2 aromatic carbocycles. The first-order chi connectivity index (χ1) is 11.7. The summed E-state index contributed by atoms with van der Waals surface area (Å²) < 4.78 is 14.3. The van der Waals surface area contributed by atoms with E-state index in [1.54, 1.807) is 17.8 Å². The van der Waals surface area contributed by atoms with Crippen molar-refractivity contribution in [2.45, 2.75) is 18.7 Å². The summed E-state index contributed by atoms with van der Waals surface area (Å²) >= 11 is 1.70. The number of hydrogen-bond acceptors (Lipinski definition) is 2. The quantitative estimate of drug-likeness (QED) is 0.709. The van der Waals surface area contributed by atoms with Gasteiger partial charge in [0.15, 0.2) is 0 Å². The van der Waals surface area contributed by atoms with E-state index in [2.05, 4.69) is 48.0 Å². The first-order valence-corrected chi connectivity index (χ1v) is 8.87. The fourth-order valence-corrected chi connectivity index (χ4v) is 3.43. The minimum absolute atomic E-state index is 0.205. The number of halogens is 1. The van der Waals surface area contributed by atoms with Crippen molar-refractivity contribution in [1.82, 2.24) is 5.32 Å². The van der Waals surface area contributed by atoms with Gasteiger partial charge in [-0.15, -0.1) is 0 Å². The molecule has 0 aromatic heterocycles. The van der Waals surface area contributed by atoms with Crippen LogP contribution in [0.2, 0.25) is 0 Å². The Balaban J connectivity index is 2.11. The molecule has 1 aliphatic rings. The number of benzene rings is 2. The standard InChI is InChI=1S/C21H20FNS/c1-3-13-24-20-14-16(11-10-15(20)2)17-8-6-12-23-21(17)18-7-4-5-9-19(18)22/h3-11,13-14,23H,12H2,1-2H3/b13-3-. The van der Waals surface area contributed by atoms with Gasteiger partial charge in [0.05, 0.1) is 5.70 Å². The molecular formula is C21H20FNS. The van der Waals surface area contributed by atoms with E-state index < -0.39 is 0 Å². The lowest BCUT2D eigenvalue weighted by molar-refractivity contribution is 0.622. The zero-order valence-electron chi connectivity index (χ0n) is 13.8. The molecule has 0 unspecified atom stereocenters. The molecule has 1 heterocycles. The van der Waals surface area contributed by atoms with Crippen LogP contribution in [0, 0.1) is 12.7 Å². The summed E-state index contributed by atoms with van der Waals surface area (Å²) in [5.41, 5.74) is 4.81. The Morgan fingerprint density at radius 2 is 2.00 bits per heavy atom. The summed E-state index contributed by atoms with van der Waals surface area (Å²) in [5, 5.41) is 5.41. The Hall–Kier alpha value is -2.26. The third-order valence-electron chi connectivity index (χ3n) is 3.92. The summed E-state index contributed by atoms with van der Waals surface area (Å²) in [5.74, 6) is -0.205. The molecule has 1 nitrogen and oxygen atoms in total. The highest BCUT2D eigenvalue weighted by Gasteiger charge is 2.15. The van der Waals surface area contributed by atoms with Gasteiger partial charge in [0.2, 0.25) is 0 Å². The number of hydrogen-bond donors (Lipinski definition) is 1. The van der Waals surface area contributed by atoms with Crippen LogP contribution in [0.4, 0.5) is 4.39 Å². The molecule has 3 rings (SSSR count). The van der Waals surface area contributed by atoms with Gasteiger partial charge in [0.25, 0.3) is 0 Å². The fourth-order valence-electron chi connectivity index (χ4n) is 2.70. The summed E-state index contributed by atoms with van der Waals surface area (Å²) in [6, 6.07) is 13.3. The topological polar surface area (TPSA) is 12.0 Å². The van der Waals surface area contributed by atoms with Crippen molar-refractivity contribution in [3.05, 3.63) is 88.6 Å². The highest BCUT2D eigenvalue weighted by atomic mass is 32.2. The predicted molar refractivity (Wildman–Crippen MR) is 102 cm³/mol. The molecule has 0 fully saturated rings.